The van der Waals surface area contributed by atoms with Gasteiger partial charge in [-0.2, -0.15) is 12.6 Å². The van der Waals surface area contributed by atoms with Crippen LogP contribution in [-0.2, 0) is 6.54 Å². The highest BCUT2D eigenvalue weighted by molar-refractivity contribution is 7.80. The molecule has 0 fully saturated rings. The van der Waals surface area contributed by atoms with E-state index in [9.17, 15) is 0 Å². The van der Waals surface area contributed by atoms with Crippen LogP contribution < -0.4 is 0 Å². The number of rotatable bonds is 6. The summed E-state index contributed by atoms with van der Waals surface area (Å²) >= 11 is 4.48. The highest BCUT2D eigenvalue weighted by Crippen LogP contribution is 2.19. The van der Waals surface area contributed by atoms with Gasteiger partial charge in [0.15, 0.2) is 0 Å². The average Bonchev–Trinajstić information content (AvgIpc) is 2.82. The molecule has 102 valence electrons. The minimum absolute atomic E-state index is 0.450. The quantitative estimate of drug-likeness (QED) is 0.809. The molecule has 0 radical (unpaired) electrons. The van der Waals surface area contributed by atoms with Crippen molar-refractivity contribution in [3.05, 3.63) is 59.5 Å². The van der Waals surface area contributed by atoms with Gasteiger partial charge in [-0.15, -0.1) is 0 Å². The Morgan fingerprint density at radius 3 is 2.47 bits per heavy atom. The van der Waals surface area contributed by atoms with Crippen molar-refractivity contribution < 1.29 is 4.42 Å². The third kappa shape index (κ3) is 4.15. The van der Waals surface area contributed by atoms with Crippen molar-refractivity contribution in [2.24, 2.45) is 0 Å². The molecule has 0 aliphatic heterocycles. The predicted molar refractivity (Wildman–Crippen MR) is 82.8 cm³/mol. The normalized spacial score (nSPS) is 12.8. The minimum Gasteiger partial charge on any atom is -0.465 e. The van der Waals surface area contributed by atoms with Crippen LogP contribution in [0.5, 0.6) is 0 Å². The maximum Gasteiger partial charge on any atom is 0.118 e. The molecule has 2 aromatic rings. The number of hydrogen-bond acceptors (Lipinski definition) is 3. The zero-order valence-electron chi connectivity index (χ0n) is 11.5. The molecule has 0 aliphatic rings. The molecule has 1 aromatic heterocycles. The highest BCUT2D eigenvalue weighted by atomic mass is 32.1. The smallest absolute Gasteiger partial charge is 0.118 e. The molecule has 3 heteroatoms. The van der Waals surface area contributed by atoms with Crippen molar-refractivity contribution >= 4 is 12.6 Å². The van der Waals surface area contributed by atoms with Crippen molar-refractivity contribution in [1.29, 1.82) is 0 Å². The van der Waals surface area contributed by atoms with Crippen molar-refractivity contribution in [3.63, 3.8) is 0 Å². The predicted octanol–water partition coefficient (Wildman–Crippen LogP) is 3.73. The molecule has 0 amide bonds. The lowest BCUT2D eigenvalue weighted by Crippen LogP contribution is -2.25. The molecular weight excluding hydrogens is 254 g/mol. The van der Waals surface area contributed by atoms with Gasteiger partial charge in [-0.1, -0.05) is 30.3 Å². The van der Waals surface area contributed by atoms with Crippen LogP contribution in [0.2, 0.25) is 0 Å². The number of hydrogen-bond donors (Lipinski definition) is 1. The topological polar surface area (TPSA) is 16.4 Å². The third-order valence-electron chi connectivity index (χ3n) is 3.25. The summed E-state index contributed by atoms with van der Waals surface area (Å²) < 4.78 is 5.61. The van der Waals surface area contributed by atoms with Gasteiger partial charge < -0.3 is 4.42 Å². The van der Waals surface area contributed by atoms with Gasteiger partial charge in [0.1, 0.15) is 11.5 Å². The number of furan rings is 1. The van der Waals surface area contributed by atoms with Gasteiger partial charge in [0.25, 0.3) is 0 Å². The van der Waals surface area contributed by atoms with Crippen LogP contribution in [0.15, 0.2) is 46.9 Å². The van der Waals surface area contributed by atoms with E-state index in [2.05, 4.69) is 54.9 Å². The lowest BCUT2D eigenvalue weighted by molar-refractivity contribution is 0.281. The summed E-state index contributed by atoms with van der Waals surface area (Å²) in [6, 6.07) is 14.6. The molecule has 0 bridgehead atoms. The number of benzene rings is 1. The molecule has 2 rings (SSSR count). The first-order chi connectivity index (χ1) is 9.19. The molecule has 0 aliphatic carbocycles. The van der Waals surface area contributed by atoms with Crippen LogP contribution >= 0.6 is 12.6 Å². The zero-order chi connectivity index (χ0) is 13.7. The Balaban J connectivity index is 1.95. The maximum absolute atomic E-state index is 5.61. The standard InChI is InChI=1S/C16H21NOS/c1-13-8-9-16(18-13)11-17(2)10-15(12-19)14-6-4-3-5-7-14/h3-9,15,19H,10-12H2,1-2H3. The molecular formula is C16H21NOS. The summed E-state index contributed by atoms with van der Waals surface area (Å²) in [7, 11) is 2.12. The van der Waals surface area contributed by atoms with E-state index in [-0.39, 0.29) is 0 Å². The molecule has 0 saturated heterocycles. The molecule has 1 heterocycles. The fourth-order valence-corrected chi connectivity index (χ4v) is 2.60. The summed E-state index contributed by atoms with van der Waals surface area (Å²) in [6.07, 6.45) is 0. The first-order valence-corrected chi connectivity index (χ1v) is 7.22. The first kappa shape index (κ1) is 14.2. The number of thiol groups is 1. The van der Waals surface area contributed by atoms with E-state index in [1.165, 1.54) is 5.56 Å². The van der Waals surface area contributed by atoms with Gasteiger partial charge in [-0.3, -0.25) is 4.90 Å². The number of nitrogens with zero attached hydrogens (tertiary/aromatic N) is 1. The second kappa shape index (κ2) is 6.83. The molecule has 0 spiro atoms. The fourth-order valence-electron chi connectivity index (χ4n) is 2.27. The average molecular weight is 275 g/mol. The Morgan fingerprint density at radius 1 is 1.16 bits per heavy atom. The monoisotopic (exact) mass is 275 g/mol. The van der Waals surface area contributed by atoms with Gasteiger partial charge in [0.05, 0.1) is 6.54 Å². The third-order valence-corrected chi connectivity index (χ3v) is 3.69. The van der Waals surface area contributed by atoms with Crippen LogP contribution in [0.4, 0.5) is 0 Å². The molecule has 19 heavy (non-hydrogen) atoms. The maximum atomic E-state index is 5.61. The van der Waals surface area contributed by atoms with Crippen molar-refractivity contribution in [2.75, 3.05) is 19.3 Å². The lowest BCUT2D eigenvalue weighted by Gasteiger charge is -2.22. The summed E-state index contributed by atoms with van der Waals surface area (Å²) in [5, 5.41) is 0. The van der Waals surface area contributed by atoms with E-state index in [1.807, 2.05) is 19.1 Å². The van der Waals surface area contributed by atoms with E-state index < -0.39 is 0 Å². The van der Waals surface area contributed by atoms with Gasteiger partial charge in [-0.05, 0) is 37.4 Å². The van der Waals surface area contributed by atoms with Gasteiger partial charge in [-0.25, -0.2) is 0 Å². The first-order valence-electron chi connectivity index (χ1n) is 6.58. The molecule has 2 nitrogen and oxygen atoms in total. The summed E-state index contributed by atoms with van der Waals surface area (Å²) in [6.45, 7) is 3.79. The largest absolute Gasteiger partial charge is 0.465 e. The fraction of sp³-hybridized carbons (Fsp3) is 0.375. The zero-order valence-corrected chi connectivity index (χ0v) is 12.4. The molecule has 1 atom stereocenters. The number of likely N-dealkylation sites (N-methyl/N-ethyl adjacent to an activating group) is 1. The van der Waals surface area contributed by atoms with E-state index in [4.69, 9.17) is 4.42 Å². The van der Waals surface area contributed by atoms with E-state index in [0.29, 0.717) is 5.92 Å². The molecule has 0 N–H and O–H groups in total. The SMILES string of the molecule is Cc1ccc(CN(C)CC(CS)c2ccccc2)o1. The van der Waals surface area contributed by atoms with Crippen molar-refractivity contribution in [2.45, 2.75) is 19.4 Å². The molecule has 1 aromatic carbocycles. The Morgan fingerprint density at radius 2 is 1.89 bits per heavy atom. The second-order valence-electron chi connectivity index (χ2n) is 5.00. The summed E-state index contributed by atoms with van der Waals surface area (Å²) in [5.74, 6) is 3.29. The van der Waals surface area contributed by atoms with E-state index in [0.717, 1.165) is 30.4 Å². The van der Waals surface area contributed by atoms with Crippen LogP contribution in [0.1, 0.15) is 23.0 Å². The second-order valence-corrected chi connectivity index (χ2v) is 5.36. The van der Waals surface area contributed by atoms with Crippen LogP contribution in [0.25, 0.3) is 0 Å². The molecule has 0 saturated carbocycles. The Hall–Kier alpha value is -1.19. The Bertz CT molecular complexity index is 494. The Kier molecular flexibility index (Phi) is 5.11. The van der Waals surface area contributed by atoms with Crippen LogP contribution in [-0.4, -0.2) is 24.2 Å². The Labute approximate surface area is 120 Å². The molecule has 1 unspecified atom stereocenters. The minimum atomic E-state index is 0.450. The summed E-state index contributed by atoms with van der Waals surface area (Å²) in [5.41, 5.74) is 1.35. The van der Waals surface area contributed by atoms with Crippen molar-refractivity contribution in [1.82, 2.24) is 4.90 Å². The van der Waals surface area contributed by atoms with Crippen molar-refractivity contribution in [3.8, 4) is 0 Å². The summed E-state index contributed by atoms with van der Waals surface area (Å²) in [4.78, 5) is 2.28. The van der Waals surface area contributed by atoms with E-state index >= 15 is 0 Å². The van der Waals surface area contributed by atoms with Gasteiger partial charge in [0.2, 0.25) is 0 Å². The lowest BCUT2D eigenvalue weighted by atomic mass is 10.0. The van der Waals surface area contributed by atoms with Crippen LogP contribution in [0.3, 0.4) is 0 Å². The van der Waals surface area contributed by atoms with Gasteiger partial charge in [0, 0.05) is 12.5 Å². The highest BCUT2D eigenvalue weighted by Gasteiger charge is 2.13. The number of aryl methyl sites for hydroxylation is 1. The van der Waals surface area contributed by atoms with Gasteiger partial charge >= 0.3 is 0 Å². The van der Waals surface area contributed by atoms with E-state index in [1.54, 1.807) is 0 Å². The van der Waals surface area contributed by atoms with Crippen LogP contribution in [0, 0.1) is 6.92 Å².